The van der Waals surface area contributed by atoms with Crippen molar-refractivity contribution in [2.75, 3.05) is 19.6 Å². The molecule has 17 aromatic carbocycles. The van der Waals surface area contributed by atoms with Crippen LogP contribution in [-0.4, -0.2) is 0 Å². The first-order valence-electron chi connectivity index (χ1n) is 36.4. The van der Waals surface area contributed by atoms with Crippen LogP contribution in [0.3, 0.4) is 0 Å². The van der Waals surface area contributed by atoms with Gasteiger partial charge in [0.05, 0.1) is 0 Å². The Morgan fingerprint density at radius 2 is 0.481 bits per heavy atom. The molecule has 0 aliphatic heterocycles. The van der Waals surface area contributed by atoms with Crippen LogP contribution < -0.4 is 19.6 Å². The summed E-state index contributed by atoms with van der Waals surface area (Å²) in [7, 11) is 0. The van der Waals surface area contributed by atoms with Gasteiger partial charge in [-0.1, -0.05) is 224 Å². The summed E-state index contributed by atoms with van der Waals surface area (Å²) in [5.74, 6) is 0. The van der Waals surface area contributed by atoms with E-state index in [0.29, 0.717) is 0 Å². The lowest BCUT2D eigenvalue weighted by molar-refractivity contribution is 0.669. The van der Waals surface area contributed by atoms with Crippen LogP contribution in [0.15, 0.2) is 405 Å². The summed E-state index contributed by atoms with van der Waals surface area (Å²) >= 11 is 5.56. The first-order valence-corrected chi connectivity index (χ1v) is 38.9. The zero-order chi connectivity index (χ0) is 71.4. The predicted molar refractivity (Wildman–Crippen MR) is 466 cm³/mol. The maximum Gasteiger partial charge on any atom is 0.137 e. The average Bonchev–Trinajstić information content (AvgIpc) is 1.59. The number of hydrogen-bond donors (Lipinski definition) is 0. The third-order valence-corrected chi connectivity index (χ3v) is 24.1. The number of furan rings is 1. The monoisotopic (exact) mass is 1430 g/mol. The van der Waals surface area contributed by atoms with E-state index in [4.69, 9.17) is 4.42 Å². The van der Waals surface area contributed by atoms with Crippen LogP contribution in [0.25, 0.3) is 115 Å². The van der Waals surface area contributed by atoms with Crippen molar-refractivity contribution in [3.8, 4) is 22.3 Å². The molecule has 5 nitrogen and oxygen atoms in total. The molecule has 0 saturated heterocycles. The molecule has 0 fully saturated rings. The Morgan fingerprint density at radius 1 is 0.167 bits per heavy atom. The van der Waals surface area contributed by atoms with Crippen molar-refractivity contribution in [1.82, 2.24) is 0 Å². The zero-order valence-electron chi connectivity index (χ0n) is 58.5. The minimum absolute atomic E-state index is 0.886. The Kier molecular flexibility index (Phi) is 16.4. The minimum atomic E-state index is 0.886. The number of nitrogens with zero attached hydrogens (tertiary/aromatic N) is 4. The molecule has 0 atom stereocenters. The van der Waals surface area contributed by atoms with Crippen LogP contribution in [0.4, 0.5) is 68.2 Å². The summed E-state index contributed by atoms with van der Waals surface area (Å²) in [6.07, 6.45) is 0. The minimum Gasteiger partial charge on any atom is -0.456 e. The molecule has 4 aromatic heterocycles. The van der Waals surface area contributed by atoms with Crippen molar-refractivity contribution in [3.05, 3.63) is 400 Å². The maximum absolute atomic E-state index is 6.29. The second-order valence-electron chi connectivity index (χ2n) is 27.2. The molecule has 0 spiro atoms. The van der Waals surface area contributed by atoms with Crippen LogP contribution in [0.2, 0.25) is 0 Å². The van der Waals surface area contributed by atoms with Crippen molar-refractivity contribution in [2.24, 2.45) is 0 Å². The molecule has 0 saturated carbocycles. The van der Waals surface area contributed by atoms with Crippen LogP contribution >= 0.6 is 34.0 Å². The lowest BCUT2D eigenvalue weighted by Crippen LogP contribution is -2.09. The summed E-state index contributed by atoms with van der Waals surface area (Å²) in [6, 6.07) is 144. The van der Waals surface area contributed by atoms with Crippen LogP contribution in [0.1, 0.15) is 0 Å². The Morgan fingerprint density at radius 3 is 0.991 bits per heavy atom. The van der Waals surface area contributed by atoms with Crippen molar-refractivity contribution in [2.45, 2.75) is 0 Å². The third-order valence-electron chi connectivity index (χ3n) is 20.7. The van der Waals surface area contributed by atoms with Crippen molar-refractivity contribution in [3.63, 3.8) is 0 Å². The molecule has 0 radical (unpaired) electrons. The SMILES string of the molecule is c1ccc(-c2ccc(N(c3ccc4c(c3)sc3ccccc34)c3ccc4c(c3)sc3ccc(N(c5ccccc5)c5ccc(-c6cccc7ccccc67)cc5)cc34)cc2)cc1.c1ccc(N(c2ccc3c(c2)oc2ccccc23)c2ccc3c(c2)sc2ccc(N(c4ccccc4)c4ccccc4)cc23)cc1. The quantitative estimate of drug-likeness (QED) is 0.108. The fourth-order valence-corrected chi connectivity index (χ4v) is 18.9. The van der Waals surface area contributed by atoms with Crippen LogP contribution in [0, 0.1) is 0 Å². The topological polar surface area (TPSA) is 26.1 Å². The molecule has 0 bridgehead atoms. The van der Waals surface area contributed by atoms with E-state index in [1.165, 1.54) is 93.5 Å². The van der Waals surface area contributed by atoms with Gasteiger partial charge in [-0.3, -0.25) is 0 Å². The summed E-state index contributed by atoms with van der Waals surface area (Å²) in [6.45, 7) is 0. The van der Waals surface area contributed by atoms with E-state index in [1.807, 2.05) is 46.1 Å². The summed E-state index contributed by atoms with van der Waals surface area (Å²) < 4.78 is 13.9. The molecule has 8 heteroatoms. The van der Waals surface area contributed by atoms with Gasteiger partial charge in [-0.05, 0) is 203 Å². The van der Waals surface area contributed by atoms with Gasteiger partial charge in [-0.15, -0.1) is 34.0 Å². The molecule has 108 heavy (non-hydrogen) atoms. The predicted octanol–water partition coefficient (Wildman–Crippen LogP) is 30.7. The highest BCUT2D eigenvalue weighted by Crippen LogP contribution is 2.49. The normalized spacial score (nSPS) is 11.5. The van der Waals surface area contributed by atoms with Crippen LogP contribution in [-0.2, 0) is 0 Å². The Bertz CT molecular complexity index is 6830. The lowest BCUT2D eigenvalue weighted by Gasteiger charge is -2.26. The van der Waals surface area contributed by atoms with Gasteiger partial charge in [-0.25, -0.2) is 0 Å². The van der Waals surface area contributed by atoms with Gasteiger partial charge in [0.15, 0.2) is 0 Å². The Labute approximate surface area is 637 Å². The van der Waals surface area contributed by atoms with E-state index >= 15 is 0 Å². The highest BCUT2D eigenvalue weighted by atomic mass is 32.1. The van der Waals surface area contributed by atoms with E-state index < -0.39 is 0 Å². The summed E-state index contributed by atoms with van der Waals surface area (Å²) in [4.78, 5) is 9.42. The second kappa shape index (κ2) is 27.6. The molecule has 510 valence electrons. The zero-order valence-corrected chi connectivity index (χ0v) is 61.0. The molecule has 0 unspecified atom stereocenters. The maximum atomic E-state index is 6.29. The number of rotatable bonds is 14. The van der Waals surface area contributed by atoms with Crippen molar-refractivity contribution in [1.29, 1.82) is 0 Å². The third kappa shape index (κ3) is 11.9. The molecule has 0 aliphatic rings. The largest absolute Gasteiger partial charge is 0.456 e. The van der Waals surface area contributed by atoms with E-state index in [0.717, 1.165) is 90.2 Å². The second-order valence-corrected chi connectivity index (χ2v) is 30.4. The molecule has 21 aromatic rings. The van der Waals surface area contributed by atoms with E-state index in [9.17, 15) is 0 Å². The van der Waals surface area contributed by atoms with Gasteiger partial charge in [0.1, 0.15) is 11.2 Å². The summed E-state index contributed by atoms with van der Waals surface area (Å²) in [5, 5.41) is 12.4. The smallest absolute Gasteiger partial charge is 0.137 e. The van der Waals surface area contributed by atoms with Gasteiger partial charge in [0.25, 0.3) is 0 Å². The summed E-state index contributed by atoms with van der Waals surface area (Å²) in [5.41, 5.74) is 20.1. The molecule has 0 aliphatic carbocycles. The standard InChI is InChI=1S/C58H38N2S2.C42H28N2OS/c1-3-12-39(13-4-1)40-22-26-45(27-23-40)60(47-30-33-52-51-19-9-10-21-55(51)61-57(52)37-47)48-31-34-53-54-36-46(32-35-56(54)62-58(53)38-48)59(43-16-5-2-6-17-43)44-28-24-42(25-29-44)50-20-11-15-41-14-7-8-18-49(41)50;1-4-12-29(13-5-1)43(30-14-6-2-7-15-30)32-22-25-41-38(26-32)37-24-21-34(28-42(37)46-41)44(31-16-8-3-9-17-31)33-20-23-36-35-18-10-11-19-39(35)45-40(36)27-33/h1-38H;1-28H. The molecule has 0 N–H and O–H groups in total. The van der Waals surface area contributed by atoms with Crippen LogP contribution in [0.5, 0.6) is 0 Å². The first-order chi connectivity index (χ1) is 53.5. The Hall–Kier alpha value is -13.3. The molecule has 21 rings (SSSR count). The molecular formula is C100H66N4OS3. The van der Waals surface area contributed by atoms with E-state index in [2.05, 4.69) is 408 Å². The van der Waals surface area contributed by atoms with Crippen molar-refractivity contribution < 1.29 is 4.42 Å². The first kappa shape index (κ1) is 64.3. The number of benzene rings is 17. The van der Waals surface area contributed by atoms with Crippen molar-refractivity contribution >= 4 is 195 Å². The number of hydrogen-bond acceptors (Lipinski definition) is 8. The Balaban J connectivity index is 0.000000149. The number of para-hydroxylation sites is 5. The molecular weight excluding hydrogens is 1370 g/mol. The highest BCUT2D eigenvalue weighted by Gasteiger charge is 2.23. The number of anilines is 12. The highest BCUT2D eigenvalue weighted by molar-refractivity contribution is 7.26. The fourth-order valence-electron chi connectivity index (χ4n) is 15.6. The van der Waals surface area contributed by atoms with Gasteiger partial charge in [0, 0.05) is 146 Å². The van der Waals surface area contributed by atoms with Gasteiger partial charge < -0.3 is 24.0 Å². The number of fused-ring (bicyclic) bond motifs is 13. The van der Waals surface area contributed by atoms with E-state index in [1.54, 1.807) is 0 Å². The fraction of sp³-hybridized carbons (Fsp3) is 0. The van der Waals surface area contributed by atoms with Gasteiger partial charge in [0.2, 0.25) is 0 Å². The molecule has 0 amide bonds. The van der Waals surface area contributed by atoms with E-state index in [-0.39, 0.29) is 0 Å². The molecule has 4 heterocycles. The van der Waals surface area contributed by atoms with Gasteiger partial charge >= 0.3 is 0 Å². The van der Waals surface area contributed by atoms with Gasteiger partial charge in [-0.2, -0.15) is 0 Å². The lowest BCUT2D eigenvalue weighted by atomic mass is 9.98. The average molecular weight is 1440 g/mol. The number of thiophene rings is 3.